The molecule has 0 radical (unpaired) electrons. The van der Waals surface area contributed by atoms with Crippen molar-refractivity contribution in [2.75, 3.05) is 0 Å². The first-order chi connectivity index (χ1) is 22.3. The monoisotopic (exact) mass is 680 g/mol. The Morgan fingerprint density at radius 3 is 1.17 bits per heavy atom. The Morgan fingerprint density at radius 1 is 0.617 bits per heavy atom. The molecule has 13 heteroatoms. The fourth-order valence-electron chi connectivity index (χ4n) is 6.50. The number of hydrogen-bond donors (Lipinski definition) is 6. The first-order valence-corrected chi connectivity index (χ1v) is 16.0. The van der Waals surface area contributed by atoms with Crippen LogP contribution in [-0.4, -0.2) is 58.1 Å². The van der Waals surface area contributed by atoms with Gasteiger partial charge in [0.1, 0.15) is 0 Å². The standard InChI is InChI=1S/2C17H24N4O2.Ti/c2*1-3-8-16(9-4-2)10-7-15(21-16)17(19-12-22,20-13-23)14-6-5-11-18-14;/h2*5-7,10-13,18H,3-4,8-9H2,1-2H3,(H,19,22)(H,20,23);. The summed E-state index contributed by atoms with van der Waals surface area (Å²) in [5.74, 6) is 0. The van der Waals surface area contributed by atoms with Crippen molar-refractivity contribution < 1.29 is 40.9 Å². The van der Waals surface area contributed by atoms with Gasteiger partial charge in [0, 0.05) is 34.1 Å². The second kappa shape index (κ2) is 18.3. The van der Waals surface area contributed by atoms with Gasteiger partial charge in [0.2, 0.25) is 25.6 Å². The fourth-order valence-corrected chi connectivity index (χ4v) is 6.50. The van der Waals surface area contributed by atoms with Gasteiger partial charge in [-0.3, -0.25) is 29.2 Å². The average molecular weight is 681 g/mol. The molecule has 4 amide bonds. The quantitative estimate of drug-likeness (QED) is 0.0705. The molecule has 0 aliphatic carbocycles. The predicted octanol–water partition coefficient (Wildman–Crippen LogP) is 4.02. The summed E-state index contributed by atoms with van der Waals surface area (Å²) in [5.41, 5.74) is -0.299. The van der Waals surface area contributed by atoms with Gasteiger partial charge in [-0.25, -0.2) is 0 Å². The second-order valence-corrected chi connectivity index (χ2v) is 11.6. The van der Waals surface area contributed by atoms with E-state index in [4.69, 9.17) is 9.98 Å². The number of nitrogens with zero attached hydrogens (tertiary/aromatic N) is 2. The number of rotatable bonds is 20. The van der Waals surface area contributed by atoms with Crippen molar-refractivity contribution in [3.63, 3.8) is 0 Å². The molecule has 6 N–H and O–H groups in total. The Hall–Kier alpha value is -4.03. The maximum atomic E-state index is 11.2. The molecule has 4 rings (SSSR count). The number of aliphatic imine (C=N–C) groups is 2. The van der Waals surface area contributed by atoms with Gasteiger partial charge in [-0.05, 0) is 62.1 Å². The third kappa shape index (κ3) is 8.67. The molecule has 0 fully saturated rings. The Balaban J connectivity index is 0.000000320. The maximum Gasteiger partial charge on any atom is 0.209 e. The molecule has 2 aromatic heterocycles. The van der Waals surface area contributed by atoms with Crippen LogP contribution in [0.1, 0.15) is 90.4 Å². The number of carbonyl (C=O) groups is 4. The first kappa shape index (κ1) is 39.2. The average Bonchev–Trinajstić information content (AvgIpc) is 3.87. The Bertz CT molecular complexity index is 1260. The van der Waals surface area contributed by atoms with E-state index < -0.39 is 11.3 Å². The van der Waals surface area contributed by atoms with Crippen molar-refractivity contribution in [1.82, 2.24) is 31.2 Å². The zero-order valence-corrected chi connectivity index (χ0v) is 29.3. The maximum absolute atomic E-state index is 11.2. The van der Waals surface area contributed by atoms with Crippen LogP contribution in [0.25, 0.3) is 0 Å². The molecular weight excluding hydrogens is 632 g/mol. The molecule has 4 heterocycles. The van der Waals surface area contributed by atoms with Gasteiger partial charge in [0.15, 0.2) is 11.3 Å². The van der Waals surface area contributed by atoms with Crippen LogP contribution in [0.5, 0.6) is 0 Å². The number of aromatic amines is 2. The molecule has 0 atom stereocenters. The number of amides is 4. The molecule has 2 aliphatic heterocycles. The van der Waals surface area contributed by atoms with Crippen LogP contribution in [0.2, 0.25) is 0 Å². The van der Waals surface area contributed by atoms with Crippen LogP contribution in [-0.2, 0) is 52.2 Å². The minimum absolute atomic E-state index is 0. The molecule has 0 saturated carbocycles. The van der Waals surface area contributed by atoms with Crippen LogP contribution in [0.3, 0.4) is 0 Å². The molecule has 0 unspecified atom stereocenters. The number of carbonyl (C=O) groups excluding carboxylic acids is 4. The van der Waals surface area contributed by atoms with Gasteiger partial charge in [-0.2, -0.15) is 0 Å². The first-order valence-electron chi connectivity index (χ1n) is 16.0. The Kier molecular flexibility index (Phi) is 15.3. The second-order valence-electron chi connectivity index (χ2n) is 11.6. The molecular formula is C34H48N8O4Ti. The Labute approximate surface area is 292 Å². The largest absolute Gasteiger partial charge is 0.361 e. The van der Waals surface area contributed by atoms with Gasteiger partial charge >= 0.3 is 0 Å². The minimum atomic E-state index is -1.17. The van der Waals surface area contributed by atoms with Crippen molar-refractivity contribution in [2.45, 2.75) is 101 Å². The van der Waals surface area contributed by atoms with Gasteiger partial charge in [0.05, 0.1) is 33.9 Å². The number of H-pyrrole nitrogens is 2. The predicted molar refractivity (Wildman–Crippen MR) is 180 cm³/mol. The molecule has 2 aromatic rings. The van der Waals surface area contributed by atoms with E-state index in [0.29, 0.717) is 48.5 Å². The summed E-state index contributed by atoms with van der Waals surface area (Å²) in [6.45, 7) is 8.52. The number of hydrogen-bond acceptors (Lipinski definition) is 6. The van der Waals surface area contributed by atoms with Crippen LogP contribution < -0.4 is 21.3 Å². The molecule has 0 spiro atoms. The topological polar surface area (TPSA) is 173 Å². The number of nitrogens with one attached hydrogen (secondary N) is 6. The smallest absolute Gasteiger partial charge is 0.209 e. The van der Waals surface area contributed by atoms with E-state index in [-0.39, 0.29) is 32.8 Å². The summed E-state index contributed by atoms with van der Waals surface area (Å²) >= 11 is 0. The Morgan fingerprint density at radius 2 is 0.936 bits per heavy atom. The van der Waals surface area contributed by atoms with E-state index in [9.17, 15) is 19.2 Å². The summed E-state index contributed by atoms with van der Waals surface area (Å²) in [6, 6.07) is 7.24. The van der Waals surface area contributed by atoms with Crippen molar-refractivity contribution in [1.29, 1.82) is 0 Å². The van der Waals surface area contributed by atoms with Crippen molar-refractivity contribution in [2.24, 2.45) is 9.98 Å². The molecule has 0 bridgehead atoms. The molecule has 12 nitrogen and oxygen atoms in total. The SMILES string of the molecule is CCCC1(CCC)C=CC(C(NC=O)(NC=O)c2ccc[nH]2)=N1.CCCC1(CCC)C=CC(C(NC=O)(NC=O)c2ccc[nH]2)=N1.[Ti]. The molecule has 2 aliphatic rings. The summed E-state index contributed by atoms with van der Waals surface area (Å²) < 4.78 is 0. The molecule has 0 saturated heterocycles. The van der Waals surface area contributed by atoms with E-state index in [1.54, 1.807) is 12.4 Å². The van der Waals surface area contributed by atoms with Gasteiger partial charge in [0.25, 0.3) is 0 Å². The zero-order chi connectivity index (χ0) is 33.5. The van der Waals surface area contributed by atoms with Crippen LogP contribution >= 0.6 is 0 Å². The third-order valence-electron chi connectivity index (χ3n) is 8.39. The third-order valence-corrected chi connectivity index (χ3v) is 8.39. The van der Waals surface area contributed by atoms with Gasteiger partial charge in [-0.1, -0.05) is 65.5 Å². The van der Waals surface area contributed by atoms with Crippen LogP contribution in [0, 0.1) is 0 Å². The fraction of sp³-hybridized carbons (Fsp3) is 0.471. The van der Waals surface area contributed by atoms with E-state index >= 15 is 0 Å². The van der Waals surface area contributed by atoms with E-state index in [1.807, 2.05) is 36.4 Å². The summed E-state index contributed by atoms with van der Waals surface area (Å²) in [7, 11) is 0. The van der Waals surface area contributed by atoms with Crippen molar-refractivity contribution in [3.8, 4) is 0 Å². The van der Waals surface area contributed by atoms with Gasteiger partial charge in [-0.15, -0.1) is 0 Å². The number of aromatic nitrogens is 2. The summed E-state index contributed by atoms with van der Waals surface area (Å²) in [4.78, 5) is 60.7. The van der Waals surface area contributed by atoms with E-state index in [1.165, 1.54) is 0 Å². The van der Waals surface area contributed by atoms with Crippen molar-refractivity contribution >= 4 is 37.1 Å². The van der Waals surface area contributed by atoms with E-state index in [0.717, 1.165) is 51.4 Å². The molecule has 47 heavy (non-hydrogen) atoms. The van der Waals surface area contributed by atoms with E-state index in [2.05, 4.69) is 71.1 Å². The zero-order valence-electron chi connectivity index (χ0n) is 27.8. The van der Waals surface area contributed by atoms with Crippen LogP contribution in [0.15, 0.2) is 70.9 Å². The normalized spacial score (nSPS) is 15.7. The minimum Gasteiger partial charge on any atom is -0.361 e. The molecule has 0 aromatic carbocycles. The molecule has 252 valence electrons. The van der Waals surface area contributed by atoms with Crippen molar-refractivity contribution in [3.05, 3.63) is 72.4 Å². The summed E-state index contributed by atoms with van der Waals surface area (Å²) in [6.07, 6.45) is 21.6. The van der Waals surface area contributed by atoms with Crippen LogP contribution in [0.4, 0.5) is 0 Å². The van der Waals surface area contributed by atoms with Gasteiger partial charge < -0.3 is 31.2 Å². The summed E-state index contributed by atoms with van der Waals surface area (Å²) in [5, 5.41) is 10.9.